The molecule has 13 heteroatoms. The van der Waals surface area contributed by atoms with Crippen molar-refractivity contribution in [2.75, 3.05) is 18.6 Å². The first-order valence-electron chi connectivity index (χ1n) is 11.0. The van der Waals surface area contributed by atoms with Gasteiger partial charge in [0.05, 0.1) is 5.69 Å². The van der Waals surface area contributed by atoms with E-state index in [0.29, 0.717) is 11.3 Å². The second-order valence-electron chi connectivity index (χ2n) is 8.15. The first-order chi connectivity index (χ1) is 17.0. The summed E-state index contributed by atoms with van der Waals surface area (Å²) in [7, 11) is 1.58. The molecule has 0 aromatic heterocycles. The van der Waals surface area contributed by atoms with Crippen LogP contribution in [0.5, 0.6) is 0 Å². The number of esters is 3. The summed E-state index contributed by atoms with van der Waals surface area (Å²) in [6, 6.07) is 5.71. The number of fused-ring (bicyclic) bond motifs is 1. The molecule has 0 aliphatic carbocycles. The van der Waals surface area contributed by atoms with E-state index in [4.69, 9.17) is 23.8 Å². The summed E-state index contributed by atoms with van der Waals surface area (Å²) in [6.45, 7) is 4.26. The topological polar surface area (TPSA) is 159 Å². The number of rotatable bonds is 7. The minimum Gasteiger partial charge on any atom is -0.463 e. The molecular formula is C23H27N3O10. The molecule has 0 bridgehead atoms. The molecule has 1 aromatic carbocycles. The summed E-state index contributed by atoms with van der Waals surface area (Å²) in [5.74, 6) is -3.08. The average Bonchev–Trinajstić information content (AvgIpc) is 3.03. The molecule has 13 nitrogen and oxygen atoms in total. The van der Waals surface area contributed by atoms with E-state index in [1.165, 1.54) is 18.7 Å². The molecule has 1 saturated heterocycles. The zero-order valence-electron chi connectivity index (χ0n) is 20.4. The van der Waals surface area contributed by atoms with Gasteiger partial charge in [0.15, 0.2) is 17.9 Å². The van der Waals surface area contributed by atoms with Gasteiger partial charge in [-0.05, 0) is 6.07 Å². The van der Waals surface area contributed by atoms with Gasteiger partial charge in [0.2, 0.25) is 5.91 Å². The second-order valence-corrected chi connectivity index (χ2v) is 8.15. The number of likely N-dealkylation sites (N-methyl/N-ethyl adjacent to an activating group) is 1. The molecule has 2 heterocycles. The standard InChI is InChI=1S/C23H27N3O10/c1-11(27)24-19-21(34-14(4)30)20(33-13(3)29)17(10-32-12(2)28)35-23(19)36-25-18-15-8-6-7-9-16(15)26(5)22(18)31/h6-9,17,19-21,23H,10H2,1-5H3,(H,24,27)/b25-18-/t17-,19+,20-,21+,23+/m1/s1. The van der Waals surface area contributed by atoms with Gasteiger partial charge in [0.1, 0.15) is 18.8 Å². The number of nitrogens with one attached hydrogen (secondary N) is 1. The number of anilines is 1. The zero-order valence-corrected chi connectivity index (χ0v) is 20.4. The molecule has 0 unspecified atom stereocenters. The van der Waals surface area contributed by atoms with E-state index < -0.39 is 67.0 Å². The van der Waals surface area contributed by atoms with Crippen LogP contribution in [0.4, 0.5) is 5.69 Å². The largest absolute Gasteiger partial charge is 0.463 e. The van der Waals surface area contributed by atoms with E-state index >= 15 is 0 Å². The number of benzene rings is 1. The molecule has 36 heavy (non-hydrogen) atoms. The van der Waals surface area contributed by atoms with Crippen molar-refractivity contribution in [1.29, 1.82) is 0 Å². The van der Waals surface area contributed by atoms with Gasteiger partial charge >= 0.3 is 17.9 Å². The average molecular weight is 505 g/mol. The Hall–Kier alpha value is -4.00. The van der Waals surface area contributed by atoms with Crippen LogP contribution in [-0.4, -0.2) is 79.7 Å². The third-order valence-corrected chi connectivity index (χ3v) is 5.35. The van der Waals surface area contributed by atoms with Gasteiger partial charge in [-0.15, -0.1) is 0 Å². The molecule has 2 aliphatic heterocycles. The van der Waals surface area contributed by atoms with Crippen molar-refractivity contribution in [2.45, 2.75) is 58.3 Å². The molecule has 2 amide bonds. The van der Waals surface area contributed by atoms with Crippen molar-refractivity contribution < 1.29 is 47.8 Å². The number of amides is 2. The third-order valence-electron chi connectivity index (χ3n) is 5.35. The molecule has 0 radical (unpaired) electrons. The Kier molecular flexibility index (Phi) is 8.25. The smallest absolute Gasteiger partial charge is 0.303 e. The molecule has 1 fully saturated rings. The quantitative estimate of drug-likeness (QED) is 0.304. The van der Waals surface area contributed by atoms with Gasteiger partial charge in [0, 0.05) is 40.3 Å². The molecule has 0 spiro atoms. The van der Waals surface area contributed by atoms with E-state index in [0.717, 1.165) is 13.8 Å². The van der Waals surface area contributed by atoms with E-state index in [1.54, 1.807) is 31.3 Å². The summed E-state index contributed by atoms with van der Waals surface area (Å²) in [5, 5.41) is 6.56. The van der Waals surface area contributed by atoms with Crippen LogP contribution >= 0.6 is 0 Å². The van der Waals surface area contributed by atoms with Crippen LogP contribution in [0, 0.1) is 0 Å². The minimum atomic E-state index is -1.43. The third kappa shape index (κ3) is 5.97. The summed E-state index contributed by atoms with van der Waals surface area (Å²) in [5.41, 5.74) is 1.12. The van der Waals surface area contributed by atoms with Crippen molar-refractivity contribution in [3.63, 3.8) is 0 Å². The van der Waals surface area contributed by atoms with Gasteiger partial charge in [-0.25, -0.2) is 0 Å². The summed E-state index contributed by atoms with van der Waals surface area (Å²) < 4.78 is 21.6. The SMILES string of the molecule is CC(=O)N[C@@H]1[C@H](O/N=C2\C(=O)N(C)c3ccccc32)O[C@H](COC(C)=O)[C@@H](OC(C)=O)[C@H]1OC(C)=O. The van der Waals surface area contributed by atoms with E-state index in [-0.39, 0.29) is 5.71 Å². The lowest BCUT2D eigenvalue weighted by Crippen LogP contribution is -2.66. The van der Waals surface area contributed by atoms with Crippen molar-refractivity contribution in [1.82, 2.24) is 5.32 Å². The van der Waals surface area contributed by atoms with E-state index in [2.05, 4.69) is 10.5 Å². The monoisotopic (exact) mass is 505 g/mol. The minimum absolute atomic E-state index is 0.0130. The zero-order chi connectivity index (χ0) is 26.6. The highest BCUT2D eigenvalue weighted by molar-refractivity contribution is 6.54. The van der Waals surface area contributed by atoms with Gasteiger partial charge in [-0.1, -0.05) is 23.4 Å². The highest BCUT2D eigenvalue weighted by atomic mass is 16.8. The van der Waals surface area contributed by atoms with Crippen LogP contribution in [-0.2, 0) is 47.8 Å². The van der Waals surface area contributed by atoms with Crippen LogP contribution in [0.3, 0.4) is 0 Å². The predicted molar refractivity (Wildman–Crippen MR) is 121 cm³/mol. The fraction of sp³-hybridized carbons (Fsp3) is 0.478. The molecule has 194 valence electrons. The van der Waals surface area contributed by atoms with Gasteiger partial charge < -0.3 is 34.0 Å². The molecule has 3 rings (SSSR count). The second kappa shape index (κ2) is 11.2. The number of oxime groups is 1. The number of para-hydroxylation sites is 1. The highest BCUT2D eigenvalue weighted by Gasteiger charge is 2.52. The van der Waals surface area contributed by atoms with Gasteiger partial charge in [-0.2, -0.15) is 0 Å². The number of hydrogen-bond acceptors (Lipinski definition) is 11. The fourth-order valence-electron chi connectivity index (χ4n) is 3.92. The van der Waals surface area contributed by atoms with Crippen LogP contribution in [0.15, 0.2) is 29.4 Å². The Morgan fingerprint density at radius 2 is 1.64 bits per heavy atom. The Labute approximate surface area is 206 Å². The maximum absolute atomic E-state index is 12.7. The number of carbonyl (C=O) groups is 5. The molecule has 1 N–H and O–H groups in total. The van der Waals surface area contributed by atoms with E-state index in [1.807, 2.05) is 0 Å². The van der Waals surface area contributed by atoms with Crippen LogP contribution in [0.1, 0.15) is 33.3 Å². The normalized spacial score (nSPS) is 26.1. The number of ether oxygens (including phenoxy) is 4. The van der Waals surface area contributed by atoms with Crippen molar-refractivity contribution in [2.24, 2.45) is 5.16 Å². The lowest BCUT2D eigenvalue weighted by molar-refractivity contribution is -0.278. The summed E-state index contributed by atoms with van der Waals surface area (Å²) in [6.07, 6.45) is -5.16. The lowest BCUT2D eigenvalue weighted by atomic mass is 9.96. The summed E-state index contributed by atoms with van der Waals surface area (Å²) in [4.78, 5) is 66.9. The molecular weight excluding hydrogens is 478 g/mol. The van der Waals surface area contributed by atoms with Crippen molar-refractivity contribution in [3.05, 3.63) is 29.8 Å². The van der Waals surface area contributed by atoms with Crippen LogP contribution in [0.25, 0.3) is 0 Å². The Morgan fingerprint density at radius 3 is 2.25 bits per heavy atom. The Bertz CT molecular complexity index is 1090. The molecule has 5 atom stereocenters. The Morgan fingerprint density at radius 1 is 1.00 bits per heavy atom. The fourth-order valence-corrected chi connectivity index (χ4v) is 3.92. The lowest BCUT2D eigenvalue weighted by Gasteiger charge is -2.43. The number of nitrogens with zero attached hydrogens (tertiary/aromatic N) is 2. The highest BCUT2D eigenvalue weighted by Crippen LogP contribution is 2.30. The maximum Gasteiger partial charge on any atom is 0.303 e. The van der Waals surface area contributed by atoms with E-state index in [9.17, 15) is 24.0 Å². The van der Waals surface area contributed by atoms with Gasteiger partial charge in [-0.3, -0.25) is 24.0 Å². The van der Waals surface area contributed by atoms with Crippen molar-refractivity contribution >= 4 is 41.1 Å². The summed E-state index contributed by atoms with van der Waals surface area (Å²) >= 11 is 0. The van der Waals surface area contributed by atoms with Crippen LogP contribution in [0.2, 0.25) is 0 Å². The van der Waals surface area contributed by atoms with Gasteiger partial charge in [0.25, 0.3) is 12.2 Å². The first kappa shape index (κ1) is 26.6. The molecule has 0 saturated carbocycles. The Balaban J connectivity index is 1.99. The molecule has 1 aromatic rings. The number of hydrogen-bond donors (Lipinski definition) is 1. The predicted octanol–water partition coefficient (Wildman–Crippen LogP) is 0.0398. The van der Waals surface area contributed by atoms with Crippen LogP contribution < -0.4 is 10.2 Å². The first-order valence-corrected chi connectivity index (χ1v) is 11.0. The number of carbonyl (C=O) groups excluding carboxylic acids is 5. The molecule has 2 aliphatic rings. The maximum atomic E-state index is 12.7. The van der Waals surface area contributed by atoms with Crippen molar-refractivity contribution in [3.8, 4) is 0 Å².